The molecule has 0 radical (unpaired) electrons. The third-order valence-corrected chi connectivity index (χ3v) is 3.81. The van der Waals surface area contributed by atoms with Gasteiger partial charge in [-0.1, -0.05) is 12.5 Å². The van der Waals surface area contributed by atoms with E-state index in [0.717, 1.165) is 19.3 Å². The van der Waals surface area contributed by atoms with Gasteiger partial charge in [-0.3, -0.25) is 0 Å². The van der Waals surface area contributed by atoms with E-state index >= 15 is 0 Å². The van der Waals surface area contributed by atoms with E-state index in [-0.39, 0.29) is 23.8 Å². The van der Waals surface area contributed by atoms with E-state index in [0.29, 0.717) is 11.3 Å². The lowest BCUT2D eigenvalue weighted by atomic mass is 10.0. The second-order valence-electron chi connectivity index (χ2n) is 5.02. The Kier molecular flexibility index (Phi) is 4.39. The standard InChI is InChI=1S/C15H19FN2O/c1-10(18-13-7-3-5-11(13)9-17)15-12(16)6-4-8-14(15)19-2/h4,6,8,10-11,13,18H,3,5,7H2,1-2H3. The van der Waals surface area contributed by atoms with Crippen molar-refractivity contribution >= 4 is 0 Å². The van der Waals surface area contributed by atoms with Crippen molar-refractivity contribution in [3.63, 3.8) is 0 Å². The van der Waals surface area contributed by atoms with Crippen LogP contribution in [-0.4, -0.2) is 13.2 Å². The van der Waals surface area contributed by atoms with Gasteiger partial charge in [-0.15, -0.1) is 0 Å². The smallest absolute Gasteiger partial charge is 0.131 e. The quantitative estimate of drug-likeness (QED) is 0.906. The second kappa shape index (κ2) is 6.03. The van der Waals surface area contributed by atoms with E-state index in [1.54, 1.807) is 19.2 Å². The number of hydrogen-bond donors (Lipinski definition) is 1. The molecule has 1 aliphatic carbocycles. The molecule has 1 fully saturated rings. The van der Waals surface area contributed by atoms with Crippen molar-refractivity contribution in [3.05, 3.63) is 29.6 Å². The minimum Gasteiger partial charge on any atom is -0.496 e. The molecule has 0 heterocycles. The molecular formula is C15H19FN2O. The second-order valence-corrected chi connectivity index (χ2v) is 5.02. The van der Waals surface area contributed by atoms with Crippen molar-refractivity contribution in [1.82, 2.24) is 5.32 Å². The van der Waals surface area contributed by atoms with Gasteiger partial charge in [0.25, 0.3) is 0 Å². The lowest BCUT2D eigenvalue weighted by Crippen LogP contribution is -2.34. The van der Waals surface area contributed by atoms with Gasteiger partial charge < -0.3 is 10.1 Å². The molecule has 3 nitrogen and oxygen atoms in total. The molecule has 0 saturated heterocycles. The van der Waals surface area contributed by atoms with Crippen LogP contribution >= 0.6 is 0 Å². The summed E-state index contributed by atoms with van der Waals surface area (Å²) in [5.74, 6) is 0.303. The van der Waals surface area contributed by atoms with Crippen LogP contribution in [0.1, 0.15) is 37.8 Å². The van der Waals surface area contributed by atoms with E-state index in [1.807, 2.05) is 6.92 Å². The van der Waals surface area contributed by atoms with Gasteiger partial charge in [0.15, 0.2) is 0 Å². The summed E-state index contributed by atoms with van der Waals surface area (Å²) in [7, 11) is 1.54. The van der Waals surface area contributed by atoms with Gasteiger partial charge >= 0.3 is 0 Å². The third kappa shape index (κ3) is 2.87. The summed E-state index contributed by atoms with van der Waals surface area (Å²) in [5, 5.41) is 12.5. The molecule has 3 unspecified atom stereocenters. The lowest BCUT2D eigenvalue weighted by Gasteiger charge is -2.23. The largest absolute Gasteiger partial charge is 0.496 e. The normalized spacial score (nSPS) is 23.9. The summed E-state index contributed by atoms with van der Waals surface area (Å²) >= 11 is 0. The average molecular weight is 262 g/mol. The van der Waals surface area contributed by atoms with Crippen molar-refractivity contribution in [3.8, 4) is 11.8 Å². The van der Waals surface area contributed by atoms with Crippen LogP contribution in [0.2, 0.25) is 0 Å². The number of rotatable bonds is 4. The van der Waals surface area contributed by atoms with Gasteiger partial charge in [0.05, 0.1) is 19.1 Å². The fourth-order valence-corrected chi connectivity index (χ4v) is 2.83. The van der Waals surface area contributed by atoms with Gasteiger partial charge in [0.2, 0.25) is 0 Å². The topological polar surface area (TPSA) is 45.0 Å². The molecule has 1 aliphatic rings. The molecule has 0 amide bonds. The van der Waals surface area contributed by atoms with Gasteiger partial charge in [0, 0.05) is 17.6 Å². The highest BCUT2D eigenvalue weighted by Crippen LogP contribution is 2.31. The highest BCUT2D eigenvalue weighted by Gasteiger charge is 2.29. The Labute approximate surface area is 113 Å². The van der Waals surface area contributed by atoms with Crippen LogP contribution in [0, 0.1) is 23.1 Å². The monoisotopic (exact) mass is 262 g/mol. The Morgan fingerprint density at radius 2 is 2.26 bits per heavy atom. The molecule has 2 rings (SSSR count). The van der Waals surface area contributed by atoms with Crippen LogP contribution in [0.4, 0.5) is 4.39 Å². The summed E-state index contributed by atoms with van der Waals surface area (Å²) in [6.07, 6.45) is 2.95. The number of nitrogens with one attached hydrogen (secondary N) is 1. The number of methoxy groups -OCH3 is 1. The van der Waals surface area contributed by atoms with Gasteiger partial charge in [0.1, 0.15) is 11.6 Å². The molecule has 4 heteroatoms. The summed E-state index contributed by atoms with van der Waals surface area (Å²) in [6.45, 7) is 1.91. The van der Waals surface area contributed by atoms with E-state index in [1.165, 1.54) is 6.07 Å². The van der Waals surface area contributed by atoms with Crippen molar-refractivity contribution in [2.24, 2.45) is 5.92 Å². The van der Waals surface area contributed by atoms with Crippen molar-refractivity contribution in [2.75, 3.05) is 7.11 Å². The van der Waals surface area contributed by atoms with Crippen LogP contribution < -0.4 is 10.1 Å². The molecule has 0 aliphatic heterocycles. The molecule has 0 bridgehead atoms. The van der Waals surface area contributed by atoms with Crippen LogP contribution in [-0.2, 0) is 0 Å². The predicted octanol–water partition coefficient (Wildman–Crippen LogP) is 3.18. The molecule has 1 N–H and O–H groups in total. The molecule has 1 aromatic carbocycles. The predicted molar refractivity (Wildman–Crippen MR) is 71.2 cm³/mol. The molecule has 0 spiro atoms. The van der Waals surface area contributed by atoms with Gasteiger partial charge in [-0.2, -0.15) is 5.26 Å². The fraction of sp³-hybridized carbons (Fsp3) is 0.533. The number of nitrogens with zero attached hydrogens (tertiary/aromatic N) is 1. The molecule has 0 aromatic heterocycles. The molecule has 102 valence electrons. The zero-order valence-corrected chi connectivity index (χ0v) is 11.3. The Morgan fingerprint density at radius 1 is 1.47 bits per heavy atom. The average Bonchev–Trinajstić information content (AvgIpc) is 2.85. The minimum absolute atomic E-state index is 0.0280. The maximum atomic E-state index is 14.0. The molecule has 1 aromatic rings. The third-order valence-electron chi connectivity index (χ3n) is 3.81. The molecule has 3 atom stereocenters. The summed E-state index contributed by atoms with van der Waals surface area (Å²) in [4.78, 5) is 0. The summed E-state index contributed by atoms with van der Waals surface area (Å²) in [5.41, 5.74) is 0.536. The van der Waals surface area contributed by atoms with Crippen LogP contribution in [0.3, 0.4) is 0 Å². The minimum atomic E-state index is -0.272. The first kappa shape index (κ1) is 13.8. The number of benzene rings is 1. The zero-order chi connectivity index (χ0) is 13.8. The lowest BCUT2D eigenvalue weighted by molar-refractivity contribution is 0.373. The van der Waals surface area contributed by atoms with Crippen LogP contribution in [0.15, 0.2) is 18.2 Å². The van der Waals surface area contributed by atoms with E-state index in [4.69, 9.17) is 10.00 Å². The first-order chi connectivity index (χ1) is 9.17. The van der Waals surface area contributed by atoms with E-state index in [9.17, 15) is 4.39 Å². The molecule has 1 saturated carbocycles. The molecule has 19 heavy (non-hydrogen) atoms. The number of nitriles is 1. The zero-order valence-electron chi connectivity index (χ0n) is 11.3. The fourth-order valence-electron chi connectivity index (χ4n) is 2.83. The van der Waals surface area contributed by atoms with Crippen LogP contribution in [0.5, 0.6) is 5.75 Å². The Morgan fingerprint density at radius 3 is 2.95 bits per heavy atom. The first-order valence-electron chi connectivity index (χ1n) is 6.65. The molecular weight excluding hydrogens is 243 g/mol. The Hall–Kier alpha value is -1.60. The maximum Gasteiger partial charge on any atom is 0.131 e. The van der Waals surface area contributed by atoms with Crippen molar-refractivity contribution < 1.29 is 9.13 Å². The number of halogens is 1. The summed E-state index contributed by atoms with van der Waals surface area (Å²) in [6, 6.07) is 7.13. The number of ether oxygens (including phenoxy) is 1. The number of hydrogen-bond acceptors (Lipinski definition) is 3. The van der Waals surface area contributed by atoms with Crippen LogP contribution in [0.25, 0.3) is 0 Å². The highest BCUT2D eigenvalue weighted by atomic mass is 19.1. The maximum absolute atomic E-state index is 14.0. The SMILES string of the molecule is COc1cccc(F)c1C(C)NC1CCCC1C#N. The van der Waals surface area contributed by atoms with E-state index in [2.05, 4.69) is 11.4 Å². The first-order valence-corrected chi connectivity index (χ1v) is 6.65. The van der Waals surface area contributed by atoms with Gasteiger partial charge in [-0.25, -0.2) is 4.39 Å². The Balaban J connectivity index is 2.16. The van der Waals surface area contributed by atoms with Crippen molar-refractivity contribution in [2.45, 2.75) is 38.3 Å². The van der Waals surface area contributed by atoms with Crippen molar-refractivity contribution in [1.29, 1.82) is 5.26 Å². The summed E-state index contributed by atoms with van der Waals surface area (Å²) < 4.78 is 19.2. The highest BCUT2D eigenvalue weighted by molar-refractivity contribution is 5.37. The van der Waals surface area contributed by atoms with E-state index < -0.39 is 0 Å². The van der Waals surface area contributed by atoms with Gasteiger partial charge in [-0.05, 0) is 31.9 Å². The Bertz CT molecular complexity index is 484.